The molecule has 0 spiro atoms. The Morgan fingerprint density at radius 3 is 2.81 bits per heavy atom. The van der Waals surface area contributed by atoms with E-state index in [1.165, 1.54) is 18.9 Å². The van der Waals surface area contributed by atoms with Gasteiger partial charge in [-0.3, -0.25) is 4.99 Å². The van der Waals surface area contributed by atoms with Crippen LogP contribution in [-0.2, 0) is 11.3 Å². The molecule has 1 saturated carbocycles. The number of halogens is 1. The molecular formula is C23H31FN4O3. The summed E-state index contributed by atoms with van der Waals surface area (Å²) in [6, 6.07) is 8.73. The van der Waals surface area contributed by atoms with Gasteiger partial charge in [0.15, 0.2) is 17.5 Å². The van der Waals surface area contributed by atoms with Crippen LogP contribution in [0.15, 0.2) is 41.5 Å². The highest BCUT2D eigenvalue weighted by atomic mass is 19.1. The lowest BCUT2D eigenvalue weighted by molar-refractivity contribution is 0.143. The second-order valence-electron chi connectivity index (χ2n) is 7.54. The van der Waals surface area contributed by atoms with Crippen molar-refractivity contribution in [2.45, 2.75) is 32.4 Å². The first-order chi connectivity index (χ1) is 15.1. The number of aliphatic imine (C=N–C) groups is 1. The molecule has 31 heavy (non-hydrogen) atoms. The van der Waals surface area contributed by atoms with Gasteiger partial charge in [0, 0.05) is 32.5 Å². The van der Waals surface area contributed by atoms with Gasteiger partial charge in [-0.25, -0.2) is 9.37 Å². The van der Waals surface area contributed by atoms with Crippen molar-refractivity contribution in [3.05, 3.63) is 53.5 Å². The molecule has 1 heterocycles. The first-order valence-electron chi connectivity index (χ1n) is 10.6. The van der Waals surface area contributed by atoms with E-state index in [1.54, 1.807) is 26.4 Å². The largest absolute Gasteiger partial charge is 0.490 e. The molecule has 2 N–H and O–H groups in total. The van der Waals surface area contributed by atoms with Crippen LogP contribution < -0.4 is 20.1 Å². The Labute approximate surface area is 183 Å². The highest BCUT2D eigenvalue weighted by Gasteiger charge is 2.22. The van der Waals surface area contributed by atoms with E-state index in [0.29, 0.717) is 49.9 Å². The van der Waals surface area contributed by atoms with Crippen molar-refractivity contribution >= 4 is 5.96 Å². The lowest BCUT2D eigenvalue weighted by Gasteiger charge is -2.19. The van der Waals surface area contributed by atoms with Gasteiger partial charge in [0.1, 0.15) is 6.61 Å². The molecular weight excluding hydrogens is 399 g/mol. The molecule has 1 atom stereocenters. The van der Waals surface area contributed by atoms with E-state index in [0.717, 1.165) is 11.1 Å². The lowest BCUT2D eigenvalue weighted by atomic mass is 10.1. The third kappa shape index (κ3) is 7.10. The van der Waals surface area contributed by atoms with Crippen LogP contribution in [0.2, 0.25) is 0 Å². The molecule has 1 aromatic heterocycles. The summed E-state index contributed by atoms with van der Waals surface area (Å²) in [6.45, 7) is 3.94. The summed E-state index contributed by atoms with van der Waals surface area (Å²) in [6.07, 6.45) is 4.03. The van der Waals surface area contributed by atoms with Gasteiger partial charge < -0.3 is 24.8 Å². The van der Waals surface area contributed by atoms with E-state index in [2.05, 4.69) is 20.6 Å². The van der Waals surface area contributed by atoms with Crippen LogP contribution in [0.25, 0.3) is 0 Å². The van der Waals surface area contributed by atoms with Gasteiger partial charge in [-0.2, -0.15) is 0 Å². The molecule has 1 aliphatic carbocycles. The number of rotatable bonds is 11. The van der Waals surface area contributed by atoms with Crippen LogP contribution in [0.3, 0.4) is 0 Å². The van der Waals surface area contributed by atoms with Gasteiger partial charge in [-0.1, -0.05) is 12.1 Å². The molecule has 1 aliphatic rings. The number of hydrogen-bond donors (Lipinski definition) is 2. The maximum absolute atomic E-state index is 14.4. The Kier molecular flexibility index (Phi) is 8.46. The maximum atomic E-state index is 14.4. The highest BCUT2D eigenvalue weighted by molar-refractivity contribution is 5.80. The predicted octanol–water partition coefficient (Wildman–Crippen LogP) is 3.46. The van der Waals surface area contributed by atoms with E-state index in [1.807, 2.05) is 25.1 Å². The molecule has 0 saturated heterocycles. The standard InChI is InChI=1S/C23H31FN4O3/c1-16(18-8-9-21(20(24)13-18)31-15-17-6-7-17)28-23(25-2)27-14-19-5-4-10-26-22(19)30-12-11-29-3/h4-5,8-10,13,16-17H,6-7,11-12,14-15H2,1-3H3,(H2,25,27,28). The molecule has 0 bridgehead atoms. The zero-order valence-electron chi connectivity index (χ0n) is 18.4. The third-order valence-corrected chi connectivity index (χ3v) is 5.03. The number of benzene rings is 1. The zero-order valence-corrected chi connectivity index (χ0v) is 18.4. The topological polar surface area (TPSA) is 77.0 Å². The van der Waals surface area contributed by atoms with Crippen LogP contribution in [0, 0.1) is 11.7 Å². The number of pyridine rings is 1. The van der Waals surface area contributed by atoms with E-state index in [-0.39, 0.29) is 11.9 Å². The molecule has 3 rings (SSSR count). The number of guanidine groups is 1. The normalized spacial score (nSPS) is 14.8. The van der Waals surface area contributed by atoms with Crippen molar-refractivity contribution in [3.63, 3.8) is 0 Å². The first-order valence-corrected chi connectivity index (χ1v) is 10.6. The van der Waals surface area contributed by atoms with Crippen molar-refractivity contribution in [3.8, 4) is 11.6 Å². The van der Waals surface area contributed by atoms with Gasteiger partial charge in [0.2, 0.25) is 5.88 Å². The molecule has 1 fully saturated rings. The summed E-state index contributed by atoms with van der Waals surface area (Å²) < 4.78 is 30.7. The molecule has 1 unspecified atom stereocenters. The first kappa shape index (κ1) is 22.8. The summed E-state index contributed by atoms with van der Waals surface area (Å²) in [5.41, 5.74) is 1.71. The zero-order chi connectivity index (χ0) is 22.1. The minimum absolute atomic E-state index is 0.149. The quantitative estimate of drug-likeness (QED) is 0.323. The van der Waals surface area contributed by atoms with Crippen LogP contribution in [0.1, 0.15) is 36.9 Å². The summed E-state index contributed by atoms with van der Waals surface area (Å²) in [4.78, 5) is 8.54. The van der Waals surface area contributed by atoms with Crippen LogP contribution in [-0.4, -0.2) is 44.9 Å². The van der Waals surface area contributed by atoms with Gasteiger partial charge in [-0.05, 0) is 49.4 Å². The average Bonchev–Trinajstić information content (AvgIpc) is 3.61. The van der Waals surface area contributed by atoms with Crippen LogP contribution in [0.5, 0.6) is 11.6 Å². The lowest BCUT2D eigenvalue weighted by Crippen LogP contribution is -2.38. The maximum Gasteiger partial charge on any atom is 0.218 e. The van der Waals surface area contributed by atoms with E-state index < -0.39 is 0 Å². The van der Waals surface area contributed by atoms with Crippen molar-refractivity contribution in [2.75, 3.05) is 34.0 Å². The fourth-order valence-corrected chi connectivity index (χ4v) is 2.97. The highest BCUT2D eigenvalue weighted by Crippen LogP contribution is 2.30. The number of hydrogen-bond acceptors (Lipinski definition) is 5. The Balaban J connectivity index is 1.54. The molecule has 2 aromatic rings. The van der Waals surface area contributed by atoms with E-state index >= 15 is 0 Å². The molecule has 0 amide bonds. The fourth-order valence-electron chi connectivity index (χ4n) is 2.97. The number of methoxy groups -OCH3 is 1. The van der Waals surface area contributed by atoms with Gasteiger partial charge >= 0.3 is 0 Å². The monoisotopic (exact) mass is 430 g/mol. The summed E-state index contributed by atoms with van der Waals surface area (Å²) >= 11 is 0. The van der Waals surface area contributed by atoms with Crippen LogP contribution >= 0.6 is 0 Å². The predicted molar refractivity (Wildman–Crippen MR) is 118 cm³/mol. The summed E-state index contributed by atoms with van der Waals surface area (Å²) in [5.74, 6) is 1.69. The fraction of sp³-hybridized carbons (Fsp3) is 0.478. The molecule has 1 aromatic carbocycles. The second-order valence-corrected chi connectivity index (χ2v) is 7.54. The molecule has 7 nitrogen and oxygen atoms in total. The second kappa shape index (κ2) is 11.5. The van der Waals surface area contributed by atoms with Crippen molar-refractivity contribution in [1.29, 1.82) is 0 Å². The van der Waals surface area contributed by atoms with E-state index in [4.69, 9.17) is 14.2 Å². The Hall–Kier alpha value is -2.87. The SMILES string of the molecule is CN=C(NCc1cccnc1OCCOC)NC(C)c1ccc(OCC2CC2)c(F)c1. The third-order valence-electron chi connectivity index (χ3n) is 5.03. The van der Waals surface area contributed by atoms with Crippen molar-refractivity contribution in [2.24, 2.45) is 10.9 Å². The molecule has 168 valence electrons. The Bertz CT molecular complexity index is 874. The van der Waals surface area contributed by atoms with Gasteiger partial charge in [0.25, 0.3) is 0 Å². The molecule has 8 heteroatoms. The average molecular weight is 431 g/mol. The summed E-state index contributed by atoms with van der Waals surface area (Å²) in [5, 5.41) is 6.53. The minimum Gasteiger partial charge on any atom is -0.490 e. The number of aromatic nitrogens is 1. The van der Waals surface area contributed by atoms with Crippen molar-refractivity contribution in [1.82, 2.24) is 15.6 Å². The van der Waals surface area contributed by atoms with E-state index in [9.17, 15) is 4.39 Å². The minimum atomic E-state index is -0.344. The van der Waals surface area contributed by atoms with Gasteiger partial charge in [0.05, 0.1) is 19.3 Å². The number of ether oxygens (including phenoxy) is 3. The van der Waals surface area contributed by atoms with Crippen LogP contribution in [0.4, 0.5) is 4.39 Å². The molecule has 0 aliphatic heterocycles. The Morgan fingerprint density at radius 1 is 1.26 bits per heavy atom. The summed E-state index contributed by atoms with van der Waals surface area (Å²) in [7, 11) is 3.32. The number of nitrogens with one attached hydrogen (secondary N) is 2. The van der Waals surface area contributed by atoms with Crippen molar-refractivity contribution < 1.29 is 18.6 Å². The number of nitrogens with zero attached hydrogens (tertiary/aromatic N) is 2. The smallest absolute Gasteiger partial charge is 0.218 e. The van der Waals surface area contributed by atoms with Gasteiger partial charge in [-0.15, -0.1) is 0 Å². The molecule has 0 radical (unpaired) electrons. The Morgan fingerprint density at radius 2 is 2.10 bits per heavy atom.